The SMILES string of the molecule is Cc1ccc(Cn2nnc(C(=O)O)c2CCN)o1. The normalized spacial score (nSPS) is 10.8. The average Bonchev–Trinajstić information content (AvgIpc) is 2.88. The Morgan fingerprint density at radius 1 is 1.56 bits per heavy atom. The molecule has 0 fully saturated rings. The summed E-state index contributed by atoms with van der Waals surface area (Å²) in [6.07, 6.45) is 0.411. The number of aromatic nitrogens is 3. The molecule has 0 aliphatic carbocycles. The molecule has 3 N–H and O–H groups in total. The quantitative estimate of drug-likeness (QED) is 0.796. The molecular formula is C11H14N4O3. The lowest BCUT2D eigenvalue weighted by Crippen LogP contribution is -2.13. The third-order valence-corrected chi connectivity index (χ3v) is 2.52. The molecular weight excluding hydrogens is 236 g/mol. The van der Waals surface area contributed by atoms with E-state index in [1.807, 2.05) is 19.1 Å². The molecule has 7 heteroatoms. The summed E-state index contributed by atoms with van der Waals surface area (Å²) in [5.74, 6) is 0.400. The van der Waals surface area contributed by atoms with E-state index in [9.17, 15) is 4.79 Å². The van der Waals surface area contributed by atoms with E-state index in [2.05, 4.69) is 10.3 Å². The van der Waals surface area contributed by atoms with Gasteiger partial charge in [-0.25, -0.2) is 9.48 Å². The van der Waals surface area contributed by atoms with Crippen LogP contribution in [0.3, 0.4) is 0 Å². The van der Waals surface area contributed by atoms with Crippen molar-refractivity contribution in [2.45, 2.75) is 19.9 Å². The van der Waals surface area contributed by atoms with Gasteiger partial charge in [-0.05, 0) is 25.6 Å². The molecule has 0 unspecified atom stereocenters. The molecule has 2 aromatic rings. The summed E-state index contributed by atoms with van der Waals surface area (Å²) in [4.78, 5) is 11.0. The molecule has 0 radical (unpaired) electrons. The van der Waals surface area contributed by atoms with Gasteiger partial charge in [0, 0.05) is 6.42 Å². The minimum absolute atomic E-state index is 0.0521. The summed E-state index contributed by atoms with van der Waals surface area (Å²) in [6, 6.07) is 3.66. The first-order chi connectivity index (χ1) is 8.61. The van der Waals surface area contributed by atoms with Crippen molar-refractivity contribution in [3.8, 4) is 0 Å². The number of furan rings is 1. The van der Waals surface area contributed by atoms with Crippen molar-refractivity contribution in [2.24, 2.45) is 5.73 Å². The zero-order chi connectivity index (χ0) is 13.1. The van der Waals surface area contributed by atoms with Gasteiger partial charge in [-0.1, -0.05) is 5.21 Å². The van der Waals surface area contributed by atoms with Crippen LogP contribution < -0.4 is 5.73 Å². The van der Waals surface area contributed by atoms with E-state index in [-0.39, 0.29) is 5.69 Å². The van der Waals surface area contributed by atoms with Gasteiger partial charge in [-0.15, -0.1) is 5.10 Å². The van der Waals surface area contributed by atoms with Crippen molar-refractivity contribution < 1.29 is 14.3 Å². The molecule has 7 nitrogen and oxygen atoms in total. The Balaban J connectivity index is 2.29. The minimum Gasteiger partial charge on any atom is -0.476 e. The number of hydrogen-bond donors (Lipinski definition) is 2. The molecule has 2 heterocycles. The van der Waals surface area contributed by atoms with Crippen molar-refractivity contribution >= 4 is 5.97 Å². The van der Waals surface area contributed by atoms with Gasteiger partial charge in [0.1, 0.15) is 18.1 Å². The van der Waals surface area contributed by atoms with Crippen LogP contribution in [-0.4, -0.2) is 32.6 Å². The maximum Gasteiger partial charge on any atom is 0.358 e. The molecule has 0 spiro atoms. The van der Waals surface area contributed by atoms with E-state index < -0.39 is 5.97 Å². The molecule has 0 bridgehead atoms. The van der Waals surface area contributed by atoms with Gasteiger partial charge in [0.15, 0.2) is 5.69 Å². The average molecular weight is 250 g/mol. The molecule has 18 heavy (non-hydrogen) atoms. The Morgan fingerprint density at radius 2 is 2.33 bits per heavy atom. The fourth-order valence-electron chi connectivity index (χ4n) is 1.73. The lowest BCUT2D eigenvalue weighted by molar-refractivity contribution is 0.0689. The second-order valence-corrected chi connectivity index (χ2v) is 3.90. The van der Waals surface area contributed by atoms with Gasteiger partial charge >= 0.3 is 5.97 Å². The molecule has 2 aromatic heterocycles. The second kappa shape index (κ2) is 5.01. The zero-order valence-corrected chi connectivity index (χ0v) is 9.96. The second-order valence-electron chi connectivity index (χ2n) is 3.90. The third kappa shape index (κ3) is 2.40. The van der Waals surface area contributed by atoms with Crippen molar-refractivity contribution in [1.29, 1.82) is 0 Å². The van der Waals surface area contributed by atoms with Crippen LogP contribution in [0.25, 0.3) is 0 Å². The number of hydrogen-bond acceptors (Lipinski definition) is 5. The van der Waals surface area contributed by atoms with Crippen molar-refractivity contribution in [3.05, 3.63) is 35.0 Å². The molecule has 0 aliphatic rings. The standard InChI is InChI=1S/C11H14N4O3/c1-7-2-3-8(18-7)6-15-9(4-5-12)10(11(16)17)13-14-15/h2-3H,4-6,12H2,1H3,(H,16,17). The number of carboxylic acid groups (broad SMARTS) is 1. The highest BCUT2D eigenvalue weighted by Gasteiger charge is 2.18. The van der Waals surface area contributed by atoms with Gasteiger partial charge in [-0.2, -0.15) is 0 Å². The Labute approximate surface area is 103 Å². The van der Waals surface area contributed by atoms with Gasteiger partial charge < -0.3 is 15.3 Å². The van der Waals surface area contributed by atoms with Gasteiger partial charge in [0.05, 0.1) is 5.69 Å². The molecule has 0 saturated heterocycles. The largest absolute Gasteiger partial charge is 0.476 e. The van der Waals surface area contributed by atoms with Crippen molar-refractivity contribution in [3.63, 3.8) is 0 Å². The number of aromatic carboxylic acids is 1. The molecule has 0 saturated carbocycles. The molecule has 0 atom stereocenters. The van der Waals surface area contributed by atoms with Crippen LogP contribution in [0, 0.1) is 6.92 Å². The summed E-state index contributed by atoms with van der Waals surface area (Å²) >= 11 is 0. The van der Waals surface area contributed by atoms with Crippen LogP contribution in [-0.2, 0) is 13.0 Å². The Bertz CT molecular complexity index is 558. The first-order valence-electron chi connectivity index (χ1n) is 5.53. The molecule has 2 rings (SSSR count). The summed E-state index contributed by atoms with van der Waals surface area (Å²) in [6.45, 7) is 2.53. The van der Waals surface area contributed by atoms with Crippen LogP contribution in [0.2, 0.25) is 0 Å². The van der Waals surface area contributed by atoms with Crippen LogP contribution in [0.4, 0.5) is 0 Å². The molecule has 0 aliphatic heterocycles. The third-order valence-electron chi connectivity index (χ3n) is 2.52. The summed E-state index contributed by atoms with van der Waals surface area (Å²) < 4.78 is 6.93. The number of carboxylic acids is 1. The molecule has 0 aromatic carbocycles. The van der Waals surface area contributed by atoms with Gasteiger partial charge in [0.2, 0.25) is 0 Å². The van der Waals surface area contributed by atoms with Crippen molar-refractivity contribution in [1.82, 2.24) is 15.0 Å². The van der Waals surface area contributed by atoms with Crippen LogP contribution >= 0.6 is 0 Å². The van der Waals surface area contributed by atoms with E-state index in [4.69, 9.17) is 15.3 Å². The zero-order valence-electron chi connectivity index (χ0n) is 9.96. The highest BCUT2D eigenvalue weighted by molar-refractivity contribution is 5.86. The van der Waals surface area contributed by atoms with E-state index in [1.165, 1.54) is 4.68 Å². The minimum atomic E-state index is -1.10. The lowest BCUT2D eigenvalue weighted by atomic mass is 10.2. The summed E-state index contributed by atoms with van der Waals surface area (Å²) in [7, 11) is 0. The highest BCUT2D eigenvalue weighted by atomic mass is 16.4. The number of carbonyl (C=O) groups is 1. The highest BCUT2D eigenvalue weighted by Crippen LogP contribution is 2.12. The van der Waals surface area contributed by atoms with E-state index >= 15 is 0 Å². The van der Waals surface area contributed by atoms with Crippen LogP contribution in [0.15, 0.2) is 16.5 Å². The van der Waals surface area contributed by atoms with Gasteiger partial charge in [-0.3, -0.25) is 0 Å². The molecule has 0 amide bonds. The Morgan fingerprint density at radius 3 is 2.89 bits per heavy atom. The first kappa shape index (κ1) is 12.3. The Kier molecular flexibility index (Phi) is 3.42. The smallest absolute Gasteiger partial charge is 0.358 e. The van der Waals surface area contributed by atoms with Crippen LogP contribution in [0.5, 0.6) is 0 Å². The number of rotatable bonds is 5. The van der Waals surface area contributed by atoms with E-state index in [0.29, 0.717) is 31.0 Å². The number of nitrogens with zero attached hydrogens (tertiary/aromatic N) is 3. The van der Waals surface area contributed by atoms with Gasteiger partial charge in [0.25, 0.3) is 0 Å². The van der Waals surface area contributed by atoms with Crippen molar-refractivity contribution in [2.75, 3.05) is 6.54 Å². The monoisotopic (exact) mass is 250 g/mol. The maximum atomic E-state index is 11.0. The van der Waals surface area contributed by atoms with Crippen LogP contribution in [0.1, 0.15) is 27.7 Å². The van der Waals surface area contributed by atoms with E-state index in [1.54, 1.807) is 0 Å². The Hall–Kier alpha value is -2.15. The number of nitrogens with two attached hydrogens (primary N) is 1. The lowest BCUT2D eigenvalue weighted by Gasteiger charge is -2.03. The maximum absolute atomic E-state index is 11.0. The fraction of sp³-hybridized carbons (Fsp3) is 0.364. The first-order valence-corrected chi connectivity index (χ1v) is 5.53. The van der Waals surface area contributed by atoms with E-state index in [0.717, 1.165) is 5.76 Å². The number of aryl methyl sites for hydroxylation is 1. The predicted octanol–water partition coefficient (Wildman–Crippen LogP) is 0.427. The molecule has 96 valence electrons. The fourth-order valence-corrected chi connectivity index (χ4v) is 1.73. The topological polar surface area (TPSA) is 107 Å². The summed E-state index contributed by atoms with van der Waals surface area (Å²) in [5, 5.41) is 16.5. The summed E-state index contributed by atoms with van der Waals surface area (Å²) in [5.41, 5.74) is 5.93. The predicted molar refractivity (Wildman–Crippen MR) is 62.3 cm³/mol.